The van der Waals surface area contributed by atoms with Crippen LogP contribution in [0, 0.1) is 10.1 Å². The smallest absolute Gasteiger partial charge is 0.270 e. The highest BCUT2D eigenvalue weighted by atomic mass is 79.9. The lowest BCUT2D eigenvalue weighted by atomic mass is 10.1. The van der Waals surface area contributed by atoms with Gasteiger partial charge in [-0.25, -0.2) is 0 Å². The van der Waals surface area contributed by atoms with Crippen molar-refractivity contribution < 1.29 is 9.13 Å². The number of hydrogen-bond donors (Lipinski definition) is 1. The molecular weight excluding hydrogens is 332 g/mol. The van der Waals surface area contributed by atoms with Crippen LogP contribution in [0.1, 0.15) is 18.4 Å². The van der Waals surface area contributed by atoms with Gasteiger partial charge in [-0.2, -0.15) is 0 Å². The van der Waals surface area contributed by atoms with E-state index in [-0.39, 0.29) is 5.69 Å². The molecule has 0 saturated carbocycles. The molecule has 0 amide bonds. The summed E-state index contributed by atoms with van der Waals surface area (Å²) in [6, 6.07) is 5.18. The summed E-state index contributed by atoms with van der Waals surface area (Å²) in [5, 5.41) is 14.1. The maximum absolute atomic E-state index is 11.3. The van der Waals surface area contributed by atoms with E-state index in [9.17, 15) is 14.3 Å². The molecule has 2 rings (SSSR count). The molecule has 0 aliphatic carbocycles. The van der Waals surface area contributed by atoms with Crippen LogP contribution in [-0.2, 0) is 17.3 Å². The largest absolute Gasteiger partial charge is 0.310 e. The Morgan fingerprint density at radius 2 is 2.11 bits per heavy atom. The molecule has 1 heterocycles. The van der Waals surface area contributed by atoms with Crippen molar-refractivity contribution in [3.05, 3.63) is 38.3 Å². The van der Waals surface area contributed by atoms with Crippen LogP contribution >= 0.6 is 15.9 Å². The summed E-state index contributed by atoms with van der Waals surface area (Å²) in [6.45, 7) is 0.663. The van der Waals surface area contributed by atoms with Crippen molar-refractivity contribution >= 4 is 32.4 Å². The molecular formula is C12H15BrN2O3S. The fourth-order valence-corrected chi connectivity index (χ4v) is 3.85. The molecule has 19 heavy (non-hydrogen) atoms. The SMILES string of the molecule is O=[N+]([O-])c1ccc(CNC2CCS(=O)CC2)c(Br)c1. The first-order valence-electron chi connectivity index (χ1n) is 6.07. The van der Waals surface area contributed by atoms with Gasteiger partial charge in [0, 0.05) is 51.5 Å². The summed E-state index contributed by atoms with van der Waals surface area (Å²) in [6.07, 6.45) is 1.86. The topological polar surface area (TPSA) is 72.2 Å². The van der Waals surface area contributed by atoms with Crippen LogP contribution in [0.2, 0.25) is 0 Å². The molecule has 0 radical (unpaired) electrons. The lowest BCUT2D eigenvalue weighted by Crippen LogP contribution is -2.35. The molecule has 0 atom stereocenters. The van der Waals surface area contributed by atoms with Crippen molar-refractivity contribution in [2.45, 2.75) is 25.4 Å². The van der Waals surface area contributed by atoms with Gasteiger partial charge in [-0.15, -0.1) is 0 Å². The summed E-state index contributed by atoms with van der Waals surface area (Å²) in [7, 11) is -0.646. The highest BCUT2D eigenvalue weighted by Crippen LogP contribution is 2.23. The van der Waals surface area contributed by atoms with Crippen molar-refractivity contribution in [2.75, 3.05) is 11.5 Å². The summed E-state index contributed by atoms with van der Waals surface area (Å²) in [5.74, 6) is 1.53. The monoisotopic (exact) mass is 346 g/mol. The van der Waals surface area contributed by atoms with Crippen LogP contribution in [0.5, 0.6) is 0 Å². The summed E-state index contributed by atoms with van der Waals surface area (Å²) >= 11 is 3.36. The average Bonchev–Trinajstić information content (AvgIpc) is 2.39. The molecule has 7 heteroatoms. The first-order valence-corrected chi connectivity index (χ1v) is 8.35. The standard InChI is InChI=1S/C12H15BrN2O3S/c13-12-7-11(15(16)17)2-1-9(12)8-14-10-3-5-19(18)6-4-10/h1-2,7,10,14H,3-6,8H2. The molecule has 0 bridgehead atoms. The first-order chi connectivity index (χ1) is 9.06. The van der Waals surface area contributed by atoms with Crippen LogP contribution in [-0.4, -0.2) is 26.7 Å². The van der Waals surface area contributed by atoms with E-state index in [2.05, 4.69) is 21.2 Å². The second kappa shape index (κ2) is 6.58. The number of hydrogen-bond acceptors (Lipinski definition) is 4. The van der Waals surface area contributed by atoms with Crippen LogP contribution < -0.4 is 5.32 Å². The van der Waals surface area contributed by atoms with Gasteiger partial charge in [-0.3, -0.25) is 14.3 Å². The Hall–Kier alpha value is -0.790. The minimum atomic E-state index is -0.646. The maximum Gasteiger partial charge on any atom is 0.270 e. The molecule has 1 saturated heterocycles. The fraction of sp³-hybridized carbons (Fsp3) is 0.500. The maximum atomic E-state index is 11.3. The number of benzene rings is 1. The van der Waals surface area contributed by atoms with E-state index in [1.165, 1.54) is 12.1 Å². The van der Waals surface area contributed by atoms with Gasteiger partial charge in [0.2, 0.25) is 0 Å². The van der Waals surface area contributed by atoms with Gasteiger partial charge in [-0.1, -0.05) is 15.9 Å². The molecule has 1 aromatic rings. The molecule has 0 spiro atoms. The zero-order valence-corrected chi connectivity index (χ0v) is 12.7. The molecule has 0 unspecified atom stereocenters. The predicted molar refractivity (Wildman–Crippen MR) is 78.5 cm³/mol. The number of nitro benzene ring substituents is 1. The molecule has 1 fully saturated rings. The Morgan fingerprint density at radius 1 is 1.42 bits per heavy atom. The Labute approximate surface area is 122 Å². The van der Waals surface area contributed by atoms with E-state index in [1.807, 2.05) is 0 Å². The zero-order chi connectivity index (χ0) is 13.8. The highest BCUT2D eigenvalue weighted by molar-refractivity contribution is 9.10. The van der Waals surface area contributed by atoms with Crippen LogP contribution in [0.15, 0.2) is 22.7 Å². The number of non-ortho nitro benzene ring substituents is 1. The molecule has 5 nitrogen and oxygen atoms in total. The van der Waals surface area contributed by atoms with Gasteiger partial charge in [-0.05, 0) is 24.5 Å². The van der Waals surface area contributed by atoms with Crippen LogP contribution in [0.25, 0.3) is 0 Å². The van der Waals surface area contributed by atoms with E-state index in [4.69, 9.17) is 0 Å². The van der Waals surface area contributed by atoms with E-state index >= 15 is 0 Å². The third kappa shape index (κ3) is 4.09. The van der Waals surface area contributed by atoms with Crippen molar-refractivity contribution in [2.24, 2.45) is 0 Å². The summed E-state index contributed by atoms with van der Waals surface area (Å²) < 4.78 is 12.0. The normalized spacial score (nSPS) is 23.2. The molecule has 104 valence electrons. The number of nitro groups is 1. The second-order valence-electron chi connectivity index (χ2n) is 4.54. The quantitative estimate of drug-likeness (QED) is 0.670. The van der Waals surface area contributed by atoms with Crippen molar-refractivity contribution in [1.82, 2.24) is 5.32 Å². The Balaban J connectivity index is 1.92. The number of nitrogens with zero attached hydrogens (tertiary/aromatic N) is 1. The number of rotatable bonds is 4. The zero-order valence-electron chi connectivity index (χ0n) is 10.3. The van der Waals surface area contributed by atoms with E-state index in [1.54, 1.807) is 6.07 Å². The molecule has 0 aromatic heterocycles. The van der Waals surface area contributed by atoms with Gasteiger partial charge < -0.3 is 5.32 Å². The van der Waals surface area contributed by atoms with Crippen molar-refractivity contribution in [3.63, 3.8) is 0 Å². The lowest BCUT2D eigenvalue weighted by molar-refractivity contribution is -0.384. The van der Waals surface area contributed by atoms with Gasteiger partial charge in [0.25, 0.3) is 5.69 Å². The minimum Gasteiger partial charge on any atom is -0.310 e. The van der Waals surface area contributed by atoms with Gasteiger partial charge in [0.1, 0.15) is 0 Å². The third-order valence-corrected chi connectivity index (χ3v) is 5.34. The number of halogens is 1. The van der Waals surface area contributed by atoms with E-state index in [0.29, 0.717) is 12.6 Å². The van der Waals surface area contributed by atoms with E-state index < -0.39 is 15.7 Å². The lowest BCUT2D eigenvalue weighted by Gasteiger charge is -2.22. The molecule has 1 aromatic carbocycles. The predicted octanol–water partition coefficient (Wildman–Crippen LogP) is 2.36. The van der Waals surface area contributed by atoms with Crippen molar-refractivity contribution in [3.8, 4) is 0 Å². The van der Waals surface area contributed by atoms with Crippen LogP contribution in [0.4, 0.5) is 5.69 Å². The molecule has 1 N–H and O–H groups in total. The minimum absolute atomic E-state index is 0.0867. The molecule has 1 aliphatic heterocycles. The van der Waals surface area contributed by atoms with Gasteiger partial charge >= 0.3 is 0 Å². The second-order valence-corrected chi connectivity index (χ2v) is 7.09. The average molecular weight is 347 g/mol. The summed E-state index contributed by atoms with van der Waals surface area (Å²) in [5.41, 5.74) is 1.08. The molecule has 1 aliphatic rings. The van der Waals surface area contributed by atoms with Gasteiger partial charge in [0.15, 0.2) is 0 Å². The van der Waals surface area contributed by atoms with Crippen molar-refractivity contribution in [1.29, 1.82) is 0 Å². The highest BCUT2D eigenvalue weighted by Gasteiger charge is 2.17. The first kappa shape index (κ1) is 14.6. The number of nitrogens with one attached hydrogen (secondary N) is 1. The van der Waals surface area contributed by atoms with Gasteiger partial charge in [0.05, 0.1) is 4.92 Å². The Kier molecular flexibility index (Phi) is 5.06. The Bertz CT molecular complexity index is 500. The Morgan fingerprint density at radius 3 is 2.68 bits per heavy atom. The van der Waals surface area contributed by atoms with E-state index in [0.717, 1.165) is 34.4 Å². The summed E-state index contributed by atoms with van der Waals surface area (Å²) in [4.78, 5) is 10.2. The fourth-order valence-electron chi connectivity index (χ4n) is 2.05. The third-order valence-electron chi connectivity index (χ3n) is 3.22. The van der Waals surface area contributed by atoms with Crippen LogP contribution in [0.3, 0.4) is 0 Å².